The van der Waals surface area contributed by atoms with Gasteiger partial charge in [-0.15, -0.1) is 5.10 Å². The van der Waals surface area contributed by atoms with Crippen molar-refractivity contribution in [2.45, 2.75) is 25.7 Å². The van der Waals surface area contributed by atoms with Gasteiger partial charge in [0.1, 0.15) is 41.2 Å². The molecule has 2 aromatic carbocycles. The fraction of sp³-hybridized carbons (Fsp3) is 0.286. The normalized spacial score (nSPS) is 13.8. The number of halogens is 6. The molecule has 0 aliphatic carbocycles. The molecule has 0 saturated carbocycles. The number of anilines is 1. The highest BCUT2D eigenvalue weighted by Gasteiger charge is 2.31. The molecule has 1 amide bonds. The largest absolute Gasteiger partial charge is 0.483 e. The van der Waals surface area contributed by atoms with Crippen molar-refractivity contribution in [1.82, 2.24) is 14.3 Å². The fourth-order valence-electron chi connectivity index (χ4n) is 3.37. The zero-order valence-electron chi connectivity index (χ0n) is 17.7. The van der Waals surface area contributed by atoms with Gasteiger partial charge in [0.25, 0.3) is 5.91 Å². The summed E-state index contributed by atoms with van der Waals surface area (Å²) in [5.74, 6) is -5.53. The number of nitrogens with zero attached hydrogens (tertiary/aromatic N) is 3. The van der Waals surface area contributed by atoms with E-state index >= 15 is 4.39 Å². The van der Waals surface area contributed by atoms with E-state index in [1.807, 2.05) is 5.32 Å². The summed E-state index contributed by atoms with van der Waals surface area (Å²) in [7, 11) is 0. The molecule has 0 fully saturated rings. The highest BCUT2D eigenvalue weighted by molar-refractivity contribution is 6.06. The number of amides is 1. The molecule has 14 heteroatoms. The summed E-state index contributed by atoms with van der Waals surface area (Å²) in [6, 6.07) is 3.87. The average molecular weight is 502 g/mol. The smallest absolute Gasteiger partial charge is 0.422 e. The van der Waals surface area contributed by atoms with Gasteiger partial charge in [-0.05, 0) is 24.6 Å². The Labute approximate surface area is 192 Å². The lowest BCUT2D eigenvalue weighted by molar-refractivity contribution is -0.153. The molecule has 186 valence electrons. The fourth-order valence-corrected chi connectivity index (χ4v) is 3.37. The van der Waals surface area contributed by atoms with Crippen LogP contribution in [0.2, 0.25) is 0 Å². The molecular formula is C21H16F6N4O4. The Morgan fingerprint density at radius 1 is 1.14 bits per heavy atom. The Bertz CT molecular complexity index is 1310. The molecule has 2 heterocycles. The molecule has 35 heavy (non-hydrogen) atoms. The summed E-state index contributed by atoms with van der Waals surface area (Å²) in [5, 5.41) is 5.84. The standard InChI is InChI=1S/C21H16F6N4O4/c22-12-3-1-4-13(23)18(12)28-19(32)11-7-14(24)15(8-16(11)35-10-21(25,26)27)31-20(33)30-5-2-6-34-9-17(30)29-31/h1,3-4,7-8H,2,5-6,9-10H2,(H,28,32). The second-order valence-electron chi connectivity index (χ2n) is 7.42. The Balaban J connectivity index is 1.77. The van der Waals surface area contributed by atoms with Gasteiger partial charge in [0.15, 0.2) is 12.4 Å². The van der Waals surface area contributed by atoms with Crippen LogP contribution in [0.3, 0.4) is 0 Å². The van der Waals surface area contributed by atoms with Crippen molar-refractivity contribution in [3.8, 4) is 11.4 Å². The van der Waals surface area contributed by atoms with Crippen molar-refractivity contribution in [2.24, 2.45) is 0 Å². The number of fused-ring (bicyclic) bond motifs is 1. The molecule has 1 N–H and O–H groups in total. The minimum absolute atomic E-state index is 0.0457. The van der Waals surface area contributed by atoms with Crippen LogP contribution in [0.15, 0.2) is 35.1 Å². The van der Waals surface area contributed by atoms with Crippen LogP contribution >= 0.6 is 0 Å². The van der Waals surface area contributed by atoms with Gasteiger partial charge in [-0.2, -0.15) is 17.9 Å². The predicted octanol–water partition coefficient (Wildman–Crippen LogP) is 3.57. The van der Waals surface area contributed by atoms with Crippen LogP contribution in [0.5, 0.6) is 5.75 Å². The van der Waals surface area contributed by atoms with E-state index in [1.54, 1.807) is 0 Å². The van der Waals surface area contributed by atoms with Gasteiger partial charge in [0.2, 0.25) is 0 Å². The van der Waals surface area contributed by atoms with E-state index in [9.17, 15) is 31.5 Å². The molecule has 0 saturated heterocycles. The zero-order valence-corrected chi connectivity index (χ0v) is 17.7. The van der Waals surface area contributed by atoms with E-state index in [-0.39, 0.29) is 19.0 Å². The highest BCUT2D eigenvalue weighted by atomic mass is 19.4. The number of para-hydroxylation sites is 1. The minimum Gasteiger partial charge on any atom is -0.483 e. The molecule has 0 radical (unpaired) electrons. The quantitative estimate of drug-likeness (QED) is 0.540. The summed E-state index contributed by atoms with van der Waals surface area (Å²) < 4.78 is 93.1. The first-order chi connectivity index (χ1) is 16.5. The molecule has 1 aromatic heterocycles. The van der Waals surface area contributed by atoms with Crippen LogP contribution in [-0.4, -0.2) is 39.6 Å². The lowest BCUT2D eigenvalue weighted by atomic mass is 10.1. The molecule has 0 spiro atoms. The number of benzene rings is 2. The lowest BCUT2D eigenvalue weighted by Gasteiger charge is -2.15. The molecule has 1 aliphatic rings. The number of ether oxygens (including phenoxy) is 2. The molecule has 1 aliphatic heterocycles. The van der Waals surface area contributed by atoms with Crippen molar-refractivity contribution in [1.29, 1.82) is 0 Å². The van der Waals surface area contributed by atoms with Crippen LogP contribution in [0, 0.1) is 17.5 Å². The number of aromatic nitrogens is 3. The zero-order chi connectivity index (χ0) is 25.3. The first-order valence-electron chi connectivity index (χ1n) is 10.1. The maximum Gasteiger partial charge on any atom is 0.422 e. The topological polar surface area (TPSA) is 87.4 Å². The molecule has 4 rings (SSSR count). The van der Waals surface area contributed by atoms with Crippen LogP contribution in [0.4, 0.5) is 32.0 Å². The van der Waals surface area contributed by atoms with Gasteiger partial charge in [0.05, 0.1) is 5.56 Å². The number of rotatable bonds is 5. The molecule has 3 aromatic rings. The van der Waals surface area contributed by atoms with Crippen molar-refractivity contribution in [3.05, 3.63) is 69.7 Å². The van der Waals surface area contributed by atoms with Crippen molar-refractivity contribution in [2.75, 3.05) is 18.5 Å². The third kappa shape index (κ3) is 5.16. The van der Waals surface area contributed by atoms with Gasteiger partial charge < -0.3 is 14.8 Å². The molecule has 0 bridgehead atoms. The average Bonchev–Trinajstić information content (AvgIpc) is 2.95. The Kier molecular flexibility index (Phi) is 6.56. The van der Waals surface area contributed by atoms with E-state index in [0.29, 0.717) is 29.8 Å². The van der Waals surface area contributed by atoms with E-state index in [0.717, 1.165) is 18.2 Å². The monoisotopic (exact) mass is 502 g/mol. The number of nitrogens with one attached hydrogen (secondary N) is 1. The number of alkyl halides is 3. The van der Waals surface area contributed by atoms with Gasteiger partial charge in [0, 0.05) is 19.2 Å². The SMILES string of the molecule is O=C(Nc1c(F)cccc1F)c1cc(F)c(-n2nc3n(c2=O)CCCOC3)cc1OCC(F)(F)F. The minimum atomic E-state index is -4.83. The maximum atomic E-state index is 15.0. The lowest BCUT2D eigenvalue weighted by Crippen LogP contribution is -2.26. The Hall–Kier alpha value is -3.81. The first kappa shape index (κ1) is 24.3. The summed E-state index contributed by atoms with van der Waals surface area (Å²) in [6.07, 6.45) is -4.35. The van der Waals surface area contributed by atoms with Crippen LogP contribution in [0.1, 0.15) is 22.6 Å². The third-order valence-electron chi connectivity index (χ3n) is 4.96. The van der Waals surface area contributed by atoms with Crippen LogP contribution in [0.25, 0.3) is 5.69 Å². The van der Waals surface area contributed by atoms with Crippen molar-refractivity contribution in [3.63, 3.8) is 0 Å². The summed E-state index contributed by atoms with van der Waals surface area (Å²) in [4.78, 5) is 25.4. The second kappa shape index (κ2) is 9.44. The van der Waals surface area contributed by atoms with Crippen LogP contribution < -0.4 is 15.7 Å². The van der Waals surface area contributed by atoms with E-state index in [4.69, 9.17) is 4.74 Å². The van der Waals surface area contributed by atoms with Crippen molar-refractivity contribution < 1.29 is 40.6 Å². The Morgan fingerprint density at radius 2 is 1.86 bits per heavy atom. The number of carbonyl (C=O) groups excluding carboxylic acids is 1. The van der Waals surface area contributed by atoms with Gasteiger partial charge >= 0.3 is 11.9 Å². The van der Waals surface area contributed by atoms with E-state index < -0.39 is 64.5 Å². The number of hydrogen-bond donors (Lipinski definition) is 1. The van der Waals surface area contributed by atoms with Gasteiger partial charge in [-0.3, -0.25) is 9.36 Å². The van der Waals surface area contributed by atoms with Crippen molar-refractivity contribution >= 4 is 11.6 Å². The molecule has 0 unspecified atom stereocenters. The van der Waals surface area contributed by atoms with Gasteiger partial charge in [-0.1, -0.05) is 6.07 Å². The molecule has 8 nitrogen and oxygen atoms in total. The Morgan fingerprint density at radius 3 is 2.54 bits per heavy atom. The predicted molar refractivity (Wildman–Crippen MR) is 108 cm³/mol. The number of hydrogen-bond acceptors (Lipinski definition) is 5. The van der Waals surface area contributed by atoms with E-state index in [2.05, 4.69) is 9.84 Å². The number of carbonyl (C=O) groups is 1. The molecular weight excluding hydrogens is 486 g/mol. The maximum absolute atomic E-state index is 15.0. The second-order valence-corrected chi connectivity index (χ2v) is 7.42. The summed E-state index contributed by atoms with van der Waals surface area (Å²) in [6.45, 7) is -1.31. The highest BCUT2D eigenvalue weighted by Crippen LogP contribution is 2.29. The van der Waals surface area contributed by atoms with E-state index in [1.165, 1.54) is 4.57 Å². The van der Waals surface area contributed by atoms with Crippen LogP contribution in [-0.2, 0) is 17.9 Å². The van der Waals surface area contributed by atoms with Gasteiger partial charge in [-0.25, -0.2) is 18.0 Å². The summed E-state index contributed by atoms with van der Waals surface area (Å²) >= 11 is 0. The summed E-state index contributed by atoms with van der Waals surface area (Å²) in [5.41, 5.74) is -3.06. The first-order valence-corrected chi connectivity index (χ1v) is 10.1. The third-order valence-corrected chi connectivity index (χ3v) is 4.96. The molecule has 0 atom stereocenters.